The van der Waals surface area contributed by atoms with E-state index in [9.17, 15) is 0 Å². The third kappa shape index (κ3) is 13.4. The minimum atomic E-state index is -3.22. The molecule has 0 radical (unpaired) electrons. The molecule has 0 bridgehead atoms. The molecular formula is C118H86N9O3P3SSi. The third-order valence-corrected chi connectivity index (χ3v) is 42.3. The average molecular weight is 1830 g/mol. The minimum Gasteiger partial charge on any atom is -0.308 e. The molecular weight excluding hydrogens is 1740 g/mol. The van der Waals surface area contributed by atoms with Crippen LogP contribution in [0.2, 0.25) is 0 Å². The van der Waals surface area contributed by atoms with Gasteiger partial charge >= 0.3 is 0 Å². The molecule has 6 aromatic heterocycles. The molecule has 646 valence electrons. The molecule has 12 nitrogen and oxygen atoms in total. The number of pyridine rings is 2. The van der Waals surface area contributed by atoms with Crippen LogP contribution in [-0.4, -0.2) is 51.7 Å². The maximum absolute atomic E-state index is 15.8. The Kier molecular flexibility index (Phi) is 20.6. The summed E-state index contributed by atoms with van der Waals surface area (Å²) in [6.45, 7) is 6.39. The predicted octanol–water partition coefficient (Wildman–Crippen LogP) is 22.0. The molecule has 0 spiro atoms. The summed E-state index contributed by atoms with van der Waals surface area (Å²) < 4.78 is 54.6. The Morgan fingerprint density at radius 1 is 0.267 bits per heavy atom. The second-order valence-corrected chi connectivity index (χ2v) is 47.5. The summed E-state index contributed by atoms with van der Waals surface area (Å²) in [6.07, 6.45) is 4.14. The Bertz CT molecular complexity index is 8650. The molecule has 0 saturated carbocycles. The molecule has 3 aliphatic rings. The van der Waals surface area contributed by atoms with Crippen molar-refractivity contribution >= 4 is 174 Å². The van der Waals surface area contributed by atoms with Crippen LogP contribution in [-0.2, 0) is 33.0 Å². The number of thiazole rings is 1. The smallest absolute Gasteiger partial charge is 0.179 e. The number of benzene rings is 17. The van der Waals surface area contributed by atoms with Crippen LogP contribution in [0.15, 0.2) is 431 Å². The molecule has 0 fully saturated rings. The Morgan fingerprint density at radius 2 is 0.600 bits per heavy atom. The normalized spacial score (nSPS) is 15.5. The maximum atomic E-state index is 15.8. The van der Waals surface area contributed by atoms with Crippen molar-refractivity contribution in [1.82, 2.24) is 43.6 Å². The molecule has 3 unspecified atom stereocenters. The van der Waals surface area contributed by atoms with E-state index in [4.69, 9.17) is 24.9 Å². The minimum absolute atomic E-state index is 0.770. The van der Waals surface area contributed by atoms with Gasteiger partial charge in [0.2, 0.25) is 0 Å². The first kappa shape index (κ1) is 82.9. The average Bonchev–Trinajstić information content (AvgIpc) is 1.61. The number of hydrogen-bond acceptors (Lipinski definition) is 10. The van der Waals surface area contributed by atoms with Crippen molar-refractivity contribution in [2.75, 3.05) is 0 Å². The van der Waals surface area contributed by atoms with E-state index in [2.05, 4.69) is 300 Å². The van der Waals surface area contributed by atoms with E-state index in [1.54, 1.807) is 11.3 Å². The lowest BCUT2D eigenvalue weighted by molar-refractivity contribution is 0.591. The molecule has 0 aliphatic carbocycles. The zero-order chi connectivity index (χ0) is 90.7. The van der Waals surface area contributed by atoms with E-state index in [0.29, 0.717) is 0 Å². The Balaban J connectivity index is 0.000000112. The monoisotopic (exact) mass is 1830 g/mol. The van der Waals surface area contributed by atoms with Crippen LogP contribution in [0.1, 0.15) is 38.2 Å². The number of nitrogens with zero attached hydrogens (tertiary/aromatic N) is 9. The standard InChI is InChI=1S/C45H35N2OPSi.C39H27N4OP.C34H24N3OPS/c1-2-44-46-40-31-34(32-43-45(40)47(44)41-25-15-16-26-42(41)49(43,48)35-17-7-3-8-18-35)33-27-29-39(30-28-33)50(36-19-9-4-10-20-36,37-21-11-5-12-22-37)38-23-13-6-14-24-38;1-2-36-41-32-23-29(24-35-39(32)43(36)33-12-6-7-13-34(33)45(35,44)30-10-4-3-5-11-30)25-14-16-26(17-15-25)31-21-20-28-19-18-27-9-8-22-40-37(27)38(28)42-31;1-2-32-35-27-20-24(22-16-18-23(19-17-22)34-36-26-12-6-9-15-31(26)40-34)21-30-33(27)37(32)28-13-7-8-14-29(28)39(30,38)25-10-4-3-5-11-25/h3-32H,2H2,1H3;3-24H,2H2,1H3;3-21H,2H2,1H3. The van der Waals surface area contributed by atoms with Gasteiger partial charge in [0.15, 0.2) is 29.5 Å². The van der Waals surface area contributed by atoms with Gasteiger partial charge in [0.1, 0.15) is 22.5 Å². The topological polar surface area (TPSA) is 143 Å². The second-order valence-electron chi connectivity index (χ2n) is 34.5. The molecule has 3 aliphatic heterocycles. The van der Waals surface area contributed by atoms with E-state index in [1.165, 1.54) is 25.4 Å². The number of rotatable bonds is 15. The number of imidazole rings is 3. The van der Waals surface area contributed by atoms with Gasteiger partial charge in [-0.05, 0) is 151 Å². The highest BCUT2D eigenvalue weighted by Crippen LogP contribution is 2.54. The Labute approximate surface area is 786 Å². The Morgan fingerprint density at radius 3 is 1.00 bits per heavy atom. The molecule has 3 atom stereocenters. The molecule has 0 amide bonds. The summed E-state index contributed by atoms with van der Waals surface area (Å²) in [5, 5.41) is 16.2. The highest BCUT2D eigenvalue weighted by atomic mass is 32.1. The van der Waals surface area contributed by atoms with Gasteiger partial charge in [-0.25, -0.2) is 24.9 Å². The summed E-state index contributed by atoms with van der Waals surface area (Å²) in [4.78, 5) is 29.8. The van der Waals surface area contributed by atoms with Crippen molar-refractivity contribution in [3.05, 3.63) is 448 Å². The summed E-state index contributed by atoms with van der Waals surface area (Å²) >= 11 is 1.70. The first-order valence-electron chi connectivity index (χ1n) is 45.9. The molecule has 17 aromatic carbocycles. The zero-order valence-corrected chi connectivity index (χ0v) is 78.6. The molecule has 23 aromatic rings. The van der Waals surface area contributed by atoms with Gasteiger partial charge in [0.25, 0.3) is 0 Å². The summed E-state index contributed by atoms with van der Waals surface area (Å²) in [7, 11) is -12.2. The van der Waals surface area contributed by atoms with Crippen LogP contribution >= 0.6 is 32.8 Å². The first-order chi connectivity index (χ1) is 66.4. The number of aromatic nitrogens is 9. The quantitative estimate of drug-likeness (QED) is 0.0424. The van der Waals surface area contributed by atoms with Gasteiger partial charge in [0.05, 0.1) is 77.1 Å². The van der Waals surface area contributed by atoms with Crippen LogP contribution in [0.4, 0.5) is 0 Å². The summed E-state index contributed by atoms with van der Waals surface area (Å²) in [5.41, 5.74) is 20.4. The molecule has 0 saturated heterocycles. The van der Waals surface area contributed by atoms with Crippen molar-refractivity contribution in [3.63, 3.8) is 0 Å². The second kappa shape index (κ2) is 33.5. The van der Waals surface area contributed by atoms with E-state index in [0.717, 1.165) is 217 Å². The van der Waals surface area contributed by atoms with Gasteiger partial charge in [-0.15, -0.1) is 11.3 Å². The Hall–Kier alpha value is -15.2. The number of hydrogen-bond donors (Lipinski definition) is 0. The van der Waals surface area contributed by atoms with Gasteiger partial charge in [-0.1, -0.05) is 348 Å². The van der Waals surface area contributed by atoms with Crippen LogP contribution in [0.5, 0.6) is 0 Å². The molecule has 9 heterocycles. The largest absolute Gasteiger partial charge is 0.308 e. The molecule has 26 rings (SSSR count). The van der Waals surface area contributed by atoms with Gasteiger partial charge < -0.3 is 13.7 Å². The highest BCUT2D eigenvalue weighted by molar-refractivity contribution is 7.87. The molecule has 135 heavy (non-hydrogen) atoms. The fourth-order valence-corrected chi connectivity index (χ4v) is 35.6. The number of para-hydroxylation sites is 4. The van der Waals surface area contributed by atoms with Gasteiger partial charge in [0, 0.05) is 95.1 Å². The predicted molar refractivity (Wildman–Crippen MR) is 565 cm³/mol. The highest BCUT2D eigenvalue weighted by Gasteiger charge is 2.46. The zero-order valence-electron chi connectivity index (χ0n) is 74.1. The first-order valence-corrected chi connectivity index (χ1v) is 53.8. The van der Waals surface area contributed by atoms with Crippen molar-refractivity contribution in [1.29, 1.82) is 0 Å². The summed E-state index contributed by atoms with van der Waals surface area (Å²) in [5.74, 6) is 2.92. The fourth-order valence-electron chi connectivity index (χ4n) is 20.8. The number of fused-ring (bicyclic) bond motifs is 10. The van der Waals surface area contributed by atoms with Crippen LogP contribution in [0.3, 0.4) is 0 Å². The maximum Gasteiger partial charge on any atom is 0.179 e. The van der Waals surface area contributed by atoms with Crippen molar-refractivity contribution in [3.8, 4) is 72.3 Å². The van der Waals surface area contributed by atoms with Crippen molar-refractivity contribution in [2.24, 2.45) is 0 Å². The van der Waals surface area contributed by atoms with Crippen LogP contribution in [0, 0.1) is 0 Å². The van der Waals surface area contributed by atoms with E-state index in [1.807, 2.05) is 170 Å². The van der Waals surface area contributed by atoms with E-state index in [-0.39, 0.29) is 0 Å². The third-order valence-electron chi connectivity index (χ3n) is 27.1. The lowest BCUT2D eigenvalue weighted by atomic mass is 10.0. The van der Waals surface area contributed by atoms with E-state index >= 15 is 13.7 Å². The lowest BCUT2D eigenvalue weighted by Crippen LogP contribution is -2.74. The lowest BCUT2D eigenvalue weighted by Gasteiger charge is -2.34. The van der Waals surface area contributed by atoms with Crippen molar-refractivity contribution < 1.29 is 13.7 Å². The summed E-state index contributed by atoms with van der Waals surface area (Å²) in [6, 6.07) is 147. The van der Waals surface area contributed by atoms with Crippen LogP contribution in [0.25, 0.3) is 137 Å². The molecule has 17 heteroatoms. The number of aryl methyl sites for hydroxylation is 3. The van der Waals surface area contributed by atoms with Crippen LogP contribution < -0.4 is 68.5 Å². The van der Waals surface area contributed by atoms with Gasteiger partial charge in [-0.3, -0.25) is 18.7 Å². The van der Waals surface area contributed by atoms with Crippen molar-refractivity contribution in [2.45, 2.75) is 40.0 Å². The van der Waals surface area contributed by atoms with E-state index < -0.39 is 29.5 Å². The molecule has 0 N–H and O–H groups in total. The SMILES string of the molecule is CCc1nc2cc(-c3ccc(-c4ccc5ccc6cccnc6c5n4)cc3)cc3c2n1-c1ccccc1P3(=O)c1ccccc1.CCc1nc2cc(-c3ccc(-c4nc5ccccc5s4)cc3)cc3c2n1-c1ccccc1P3(=O)c1ccccc1.CCc1nc2cc(-c3ccc([Si](c4ccccc4)(c4ccccc4)c4ccccc4)cc3)cc3c2n1-c1ccccc1P3(=O)c1ccccc1. The van der Waals surface area contributed by atoms with Gasteiger partial charge in [-0.2, -0.15) is 0 Å². The fraction of sp³-hybridized carbons (Fsp3) is 0.0508.